The van der Waals surface area contributed by atoms with Gasteiger partial charge in [-0.25, -0.2) is 0 Å². The van der Waals surface area contributed by atoms with Crippen LogP contribution in [-0.2, 0) is 15.9 Å². The van der Waals surface area contributed by atoms with Gasteiger partial charge in [0.05, 0.1) is 0 Å². The summed E-state index contributed by atoms with van der Waals surface area (Å²) in [6.07, 6.45) is 12.9. The second kappa shape index (κ2) is 16.4. The molecule has 1 aromatic carbocycles. The maximum atomic E-state index is 13.3. The molecular formula is C37H63BO2S. The Balaban J connectivity index is 1.85. The number of carbonyl (C=O) groups is 1. The van der Waals surface area contributed by atoms with E-state index in [-0.39, 0.29) is 22.9 Å². The van der Waals surface area contributed by atoms with Gasteiger partial charge in [-0.3, -0.25) is 4.79 Å². The molecule has 0 amide bonds. The zero-order chi connectivity index (χ0) is 30.2. The van der Waals surface area contributed by atoms with Gasteiger partial charge in [-0.1, -0.05) is 117 Å². The van der Waals surface area contributed by atoms with Gasteiger partial charge in [0, 0.05) is 17.3 Å². The number of hydrogen-bond acceptors (Lipinski definition) is 3. The van der Waals surface area contributed by atoms with Crippen molar-refractivity contribution in [1.29, 1.82) is 0 Å². The lowest BCUT2D eigenvalue weighted by Gasteiger charge is -2.42. The third-order valence-corrected chi connectivity index (χ3v) is 11.3. The monoisotopic (exact) mass is 582 g/mol. The van der Waals surface area contributed by atoms with Gasteiger partial charge in [-0.2, -0.15) is 0 Å². The third-order valence-electron chi connectivity index (χ3n) is 10.2. The van der Waals surface area contributed by atoms with Crippen LogP contribution in [0.1, 0.15) is 119 Å². The first kappa shape index (κ1) is 34.8. The van der Waals surface area contributed by atoms with Crippen molar-refractivity contribution < 1.29 is 9.45 Å². The molecule has 232 valence electrons. The van der Waals surface area contributed by atoms with Gasteiger partial charge in [0.2, 0.25) is 0 Å². The zero-order valence-corrected chi connectivity index (χ0v) is 29.0. The molecule has 0 radical (unpaired) electrons. The molecule has 4 heteroatoms. The van der Waals surface area contributed by atoms with Gasteiger partial charge in [-0.05, 0) is 104 Å². The van der Waals surface area contributed by atoms with Gasteiger partial charge in [0.15, 0.2) is 5.12 Å². The lowest BCUT2D eigenvalue weighted by molar-refractivity contribution is -0.112. The number of hydrogen-bond donors (Lipinski definition) is 0. The van der Waals surface area contributed by atoms with Gasteiger partial charge >= 0.3 is 0 Å². The molecule has 0 unspecified atom stereocenters. The second-order valence-corrected chi connectivity index (χ2v) is 17.7. The van der Waals surface area contributed by atoms with Gasteiger partial charge in [-0.15, -0.1) is 0 Å². The molecule has 3 rings (SSSR count). The minimum Gasteiger partial charge on any atom is -0.433 e. The molecule has 2 fully saturated rings. The van der Waals surface area contributed by atoms with E-state index < -0.39 is 0 Å². The van der Waals surface area contributed by atoms with E-state index >= 15 is 0 Å². The van der Waals surface area contributed by atoms with Crippen molar-refractivity contribution in [2.24, 2.45) is 47.3 Å². The Morgan fingerprint density at radius 2 is 1.39 bits per heavy atom. The van der Waals surface area contributed by atoms with Crippen molar-refractivity contribution >= 4 is 23.8 Å². The smallest absolute Gasteiger partial charge is 0.294 e. The van der Waals surface area contributed by atoms with E-state index in [1.807, 2.05) is 0 Å². The Bertz CT molecular complexity index is 860. The van der Waals surface area contributed by atoms with Crippen LogP contribution < -0.4 is 0 Å². The van der Waals surface area contributed by atoms with Crippen LogP contribution in [0.4, 0.5) is 0 Å². The molecule has 0 N–H and O–H groups in total. The number of aryl methyl sites for hydroxylation is 1. The van der Waals surface area contributed by atoms with E-state index in [9.17, 15) is 4.79 Å². The highest BCUT2D eigenvalue weighted by atomic mass is 32.2. The van der Waals surface area contributed by atoms with Crippen LogP contribution in [-0.4, -0.2) is 22.9 Å². The Morgan fingerprint density at radius 1 is 0.878 bits per heavy atom. The number of benzene rings is 1. The molecule has 0 bridgehead atoms. The van der Waals surface area contributed by atoms with Crippen LogP contribution in [0.25, 0.3) is 0 Å². The van der Waals surface area contributed by atoms with Crippen molar-refractivity contribution in [1.82, 2.24) is 0 Å². The van der Waals surface area contributed by atoms with Crippen LogP contribution in [0.15, 0.2) is 30.3 Å². The lowest BCUT2D eigenvalue weighted by Crippen LogP contribution is -2.38. The molecule has 1 aromatic rings. The molecule has 2 aliphatic carbocycles. The minimum absolute atomic E-state index is 0.0143. The van der Waals surface area contributed by atoms with Crippen LogP contribution in [0.5, 0.6) is 0 Å². The highest BCUT2D eigenvalue weighted by Crippen LogP contribution is 2.45. The van der Waals surface area contributed by atoms with Crippen LogP contribution >= 0.6 is 11.8 Å². The average molecular weight is 583 g/mol. The van der Waals surface area contributed by atoms with E-state index in [0.717, 1.165) is 60.2 Å². The molecule has 0 aromatic heterocycles. The first-order valence-electron chi connectivity index (χ1n) is 17.2. The first-order valence-corrected chi connectivity index (χ1v) is 18.0. The molecule has 0 aliphatic heterocycles. The summed E-state index contributed by atoms with van der Waals surface area (Å²) in [5.74, 6) is 6.14. The predicted molar refractivity (Wildman–Crippen MR) is 182 cm³/mol. The van der Waals surface area contributed by atoms with Crippen LogP contribution in [0.3, 0.4) is 0 Å². The van der Waals surface area contributed by atoms with E-state index in [1.165, 1.54) is 68.5 Å². The van der Waals surface area contributed by atoms with Gasteiger partial charge in [0.25, 0.3) is 6.92 Å². The third kappa shape index (κ3) is 12.1. The molecule has 0 heterocycles. The standard InChI is InChI=1S/C37H63BO2S/c1-26(2)34-19-15-28(5)21-31(34)24-38(25-32-22-29(6)16-20-35(32)27(3)4)40-33(23-36(39)41-37(7,8)9)18-17-30-13-11-10-12-14-30/h10-14,26-29,31-35H,15-25H2,1-9H3/t28-,29-,31-,32-,33+,34+,35+/m1/s1. The number of rotatable bonds is 13. The average Bonchev–Trinajstić information content (AvgIpc) is 2.86. The van der Waals surface area contributed by atoms with Crippen molar-refractivity contribution in [3.8, 4) is 0 Å². The van der Waals surface area contributed by atoms with Crippen molar-refractivity contribution in [3.63, 3.8) is 0 Å². The second-order valence-electron chi connectivity index (χ2n) is 15.8. The lowest BCUT2D eigenvalue weighted by atomic mass is 9.48. The summed E-state index contributed by atoms with van der Waals surface area (Å²) >= 11 is 1.50. The van der Waals surface area contributed by atoms with Crippen molar-refractivity contribution in [3.05, 3.63) is 35.9 Å². The molecular weight excluding hydrogens is 519 g/mol. The largest absolute Gasteiger partial charge is 0.433 e. The zero-order valence-electron chi connectivity index (χ0n) is 28.2. The Hall–Kier alpha value is -0.735. The van der Waals surface area contributed by atoms with E-state index in [2.05, 4.69) is 92.6 Å². The SMILES string of the molecule is CC(C)[C@@H]1CC[C@@H](C)C[C@@H]1CB(C[C@H]1C[C@H](C)CC[C@H]1C(C)C)O[C@@H](CCc1ccccc1)CC(=O)SC(C)(C)C. The number of thioether (sulfide) groups is 1. The summed E-state index contributed by atoms with van der Waals surface area (Å²) in [6.45, 7) is 21.3. The highest BCUT2D eigenvalue weighted by molar-refractivity contribution is 8.14. The molecule has 41 heavy (non-hydrogen) atoms. The summed E-state index contributed by atoms with van der Waals surface area (Å²) < 4.78 is 7.19. The Kier molecular flexibility index (Phi) is 13.9. The Morgan fingerprint density at radius 3 is 1.85 bits per heavy atom. The summed E-state index contributed by atoms with van der Waals surface area (Å²) in [6, 6.07) is 10.8. The maximum Gasteiger partial charge on any atom is 0.294 e. The summed E-state index contributed by atoms with van der Waals surface area (Å²) in [5.41, 5.74) is 1.34. The molecule has 2 aliphatic rings. The fourth-order valence-electron chi connectivity index (χ4n) is 8.26. The molecule has 0 spiro atoms. The normalized spacial score (nSPS) is 28.2. The summed E-state index contributed by atoms with van der Waals surface area (Å²) in [7, 11) is 0. The van der Waals surface area contributed by atoms with Gasteiger partial charge in [0.1, 0.15) is 0 Å². The van der Waals surface area contributed by atoms with Gasteiger partial charge < -0.3 is 4.65 Å². The van der Waals surface area contributed by atoms with Crippen LogP contribution in [0, 0.1) is 47.3 Å². The van der Waals surface area contributed by atoms with E-state index in [0.29, 0.717) is 6.42 Å². The number of carbonyl (C=O) groups excluding carboxylic acids is 1. The van der Waals surface area contributed by atoms with Crippen LogP contribution in [0.2, 0.25) is 12.6 Å². The maximum absolute atomic E-state index is 13.3. The molecule has 2 nitrogen and oxygen atoms in total. The predicted octanol–water partition coefficient (Wildman–Crippen LogP) is 10.9. The summed E-state index contributed by atoms with van der Waals surface area (Å²) in [5, 5.41) is 0.284. The fourth-order valence-corrected chi connectivity index (χ4v) is 9.21. The molecule has 2 saturated carbocycles. The first-order chi connectivity index (χ1) is 19.3. The molecule has 0 saturated heterocycles. The summed E-state index contributed by atoms with van der Waals surface area (Å²) in [4.78, 5) is 13.3. The Labute approximate surface area is 259 Å². The molecule has 7 atom stereocenters. The van der Waals surface area contributed by atoms with E-state index in [1.54, 1.807) is 0 Å². The highest BCUT2D eigenvalue weighted by Gasteiger charge is 2.39. The minimum atomic E-state index is -0.0636. The topological polar surface area (TPSA) is 26.3 Å². The van der Waals surface area contributed by atoms with E-state index in [4.69, 9.17) is 4.65 Å². The van der Waals surface area contributed by atoms with Crippen molar-refractivity contribution in [2.75, 3.05) is 0 Å². The van der Waals surface area contributed by atoms with Crippen molar-refractivity contribution in [2.45, 2.75) is 144 Å². The fraction of sp³-hybridized carbons (Fsp3) is 0.811. The quantitative estimate of drug-likeness (QED) is 0.216.